The maximum Gasteiger partial charge on any atom is 0.237 e. The van der Waals surface area contributed by atoms with Crippen molar-refractivity contribution in [2.45, 2.75) is 24.8 Å². The van der Waals surface area contributed by atoms with E-state index in [2.05, 4.69) is 4.90 Å². The molecule has 74 valence electrons. The average molecular weight is 183 g/mol. The van der Waals surface area contributed by atoms with Gasteiger partial charge in [-0.05, 0) is 38.3 Å². The third-order valence-corrected chi connectivity index (χ3v) is 3.62. The number of carbonyl (C=O) groups is 1. The van der Waals surface area contributed by atoms with Crippen molar-refractivity contribution in [3.63, 3.8) is 0 Å². The first-order chi connectivity index (χ1) is 6.13. The Labute approximate surface area is 78.2 Å². The van der Waals surface area contributed by atoms with Crippen LogP contribution in [0.2, 0.25) is 0 Å². The van der Waals surface area contributed by atoms with E-state index in [-0.39, 0.29) is 5.91 Å². The summed E-state index contributed by atoms with van der Waals surface area (Å²) in [6.45, 7) is 3.09. The molecule has 0 radical (unpaired) electrons. The monoisotopic (exact) mass is 183 g/mol. The first-order valence-corrected chi connectivity index (χ1v) is 4.94. The van der Waals surface area contributed by atoms with Crippen molar-refractivity contribution in [1.29, 1.82) is 0 Å². The van der Waals surface area contributed by atoms with Gasteiger partial charge in [-0.3, -0.25) is 4.79 Å². The summed E-state index contributed by atoms with van der Waals surface area (Å²) in [6.07, 6.45) is 2.78. The Morgan fingerprint density at radius 1 is 1.31 bits per heavy atom. The number of carbonyl (C=O) groups excluding carboxylic acids is 1. The maximum atomic E-state index is 11.3. The van der Waals surface area contributed by atoms with Crippen LogP contribution >= 0.6 is 0 Å². The number of nitrogens with zero attached hydrogens (tertiary/aromatic N) is 1. The number of piperidine rings is 1. The van der Waals surface area contributed by atoms with Crippen LogP contribution in [0.25, 0.3) is 0 Å². The van der Waals surface area contributed by atoms with Crippen LogP contribution in [0.4, 0.5) is 0 Å². The predicted octanol–water partition coefficient (Wildman–Crippen LogP) is -0.715. The number of nitrogens with two attached hydrogens (primary N) is 2. The molecule has 3 aliphatic rings. The second-order valence-electron chi connectivity index (χ2n) is 4.27. The Bertz CT molecular complexity index is 223. The molecule has 4 N–H and O–H groups in total. The zero-order chi connectivity index (χ0) is 9.47. The second-order valence-corrected chi connectivity index (χ2v) is 4.27. The van der Waals surface area contributed by atoms with E-state index in [1.54, 1.807) is 0 Å². The molecule has 4 heteroatoms. The molecule has 0 spiro atoms. The summed E-state index contributed by atoms with van der Waals surface area (Å²) >= 11 is 0. The minimum atomic E-state index is -0.731. The maximum absolute atomic E-state index is 11.3. The quantitative estimate of drug-likeness (QED) is 0.564. The second kappa shape index (κ2) is 2.96. The number of fused-ring (bicyclic) bond motifs is 4. The van der Waals surface area contributed by atoms with Gasteiger partial charge in [0.25, 0.3) is 0 Å². The van der Waals surface area contributed by atoms with E-state index in [0.717, 1.165) is 38.9 Å². The fraction of sp³-hybridized carbons (Fsp3) is 0.889. The highest BCUT2D eigenvalue weighted by Crippen LogP contribution is 2.33. The minimum absolute atomic E-state index is 0.309. The van der Waals surface area contributed by atoms with Crippen molar-refractivity contribution in [3.8, 4) is 0 Å². The molecule has 3 fully saturated rings. The number of primary amides is 1. The van der Waals surface area contributed by atoms with Crippen LogP contribution in [-0.4, -0.2) is 36.0 Å². The van der Waals surface area contributed by atoms with Crippen LogP contribution < -0.4 is 11.5 Å². The number of rotatable bonds is 1. The van der Waals surface area contributed by atoms with Crippen molar-refractivity contribution in [2.24, 2.45) is 17.4 Å². The summed E-state index contributed by atoms with van der Waals surface area (Å²) in [5, 5.41) is 0. The smallest absolute Gasteiger partial charge is 0.237 e. The molecule has 0 aromatic rings. The van der Waals surface area contributed by atoms with E-state index >= 15 is 0 Å². The molecule has 0 aliphatic carbocycles. The van der Waals surface area contributed by atoms with Crippen LogP contribution in [0.5, 0.6) is 0 Å². The van der Waals surface area contributed by atoms with Crippen LogP contribution in [0.3, 0.4) is 0 Å². The number of hydrogen-bond donors (Lipinski definition) is 2. The van der Waals surface area contributed by atoms with Gasteiger partial charge < -0.3 is 16.4 Å². The van der Waals surface area contributed by atoms with E-state index in [0.29, 0.717) is 5.92 Å². The minimum Gasteiger partial charge on any atom is -0.368 e. The lowest BCUT2D eigenvalue weighted by Gasteiger charge is -2.33. The first-order valence-electron chi connectivity index (χ1n) is 4.94. The highest BCUT2D eigenvalue weighted by molar-refractivity contribution is 5.84. The van der Waals surface area contributed by atoms with E-state index in [1.807, 2.05) is 0 Å². The Hall–Kier alpha value is -0.610. The predicted molar refractivity (Wildman–Crippen MR) is 49.9 cm³/mol. The summed E-state index contributed by atoms with van der Waals surface area (Å²) in [5.74, 6) is -0.00926. The Balaban J connectivity index is 2.23. The van der Waals surface area contributed by atoms with Gasteiger partial charge >= 0.3 is 0 Å². The SMILES string of the molecule is NC(=O)C1(N)CCN2CCC1CC2. The third kappa shape index (κ3) is 1.34. The Morgan fingerprint density at radius 3 is 2.46 bits per heavy atom. The third-order valence-electron chi connectivity index (χ3n) is 3.62. The van der Waals surface area contributed by atoms with Crippen molar-refractivity contribution in [3.05, 3.63) is 0 Å². The van der Waals surface area contributed by atoms with Gasteiger partial charge in [0.2, 0.25) is 5.91 Å². The number of hydrogen-bond acceptors (Lipinski definition) is 3. The van der Waals surface area contributed by atoms with Gasteiger partial charge in [-0.1, -0.05) is 0 Å². The van der Waals surface area contributed by atoms with E-state index in [9.17, 15) is 4.79 Å². The summed E-state index contributed by atoms with van der Waals surface area (Å²) in [7, 11) is 0. The fourth-order valence-corrected chi connectivity index (χ4v) is 2.54. The van der Waals surface area contributed by atoms with Gasteiger partial charge in [-0.2, -0.15) is 0 Å². The molecule has 1 amide bonds. The topological polar surface area (TPSA) is 72.3 Å². The van der Waals surface area contributed by atoms with Crippen molar-refractivity contribution < 1.29 is 4.79 Å². The van der Waals surface area contributed by atoms with Crippen molar-refractivity contribution in [2.75, 3.05) is 19.6 Å². The van der Waals surface area contributed by atoms with Gasteiger partial charge in [0.05, 0.1) is 5.54 Å². The molecule has 4 nitrogen and oxygen atoms in total. The van der Waals surface area contributed by atoms with Crippen molar-refractivity contribution >= 4 is 5.91 Å². The molecule has 3 heterocycles. The lowest BCUT2D eigenvalue weighted by Crippen LogP contribution is -2.57. The highest BCUT2D eigenvalue weighted by atomic mass is 16.1. The normalized spacial score (nSPS) is 44.4. The average Bonchev–Trinajstić information content (AvgIpc) is 2.38. The van der Waals surface area contributed by atoms with Gasteiger partial charge in [0.15, 0.2) is 0 Å². The standard InChI is InChI=1S/C9H17N3O/c10-8(13)9(11)3-6-12-4-1-7(9)2-5-12/h7H,1-6,11H2,(H2,10,13). The fourth-order valence-electron chi connectivity index (χ4n) is 2.54. The van der Waals surface area contributed by atoms with Gasteiger partial charge in [-0.15, -0.1) is 0 Å². The number of amides is 1. The molecule has 0 aromatic heterocycles. The van der Waals surface area contributed by atoms with Crippen LogP contribution in [0.15, 0.2) is 0 Å². The molecule has 13 heavy (non-hydrogen) atoms. The van der Waals surface area contributed by atoms with Gasteiger partial charge in [0.1, 0.15) is 0 Å². The van der Waals surface area contributed by atoms with Crippen LogP contribution in [-0.2, 0) is 4.79 Å². The summed E-state index contributed by atoms with van der Waals surface area (Å²) < 4.78 is 0. The first kappa shape index (κ1) is 8.97. The molecular weight excluding hydrogens is 166 g/mol. The van der Waals surface area contributed by atoms with Gasteiger partial charge in [-0.25, -0.2) is 0 Å². The van der Waals surface area contributed by atoms with E-state index in [1.165, 1.54) is 0 Å². The summed E-state index contributed by atoms with van der Waals surface area (Å²) in [6, 6.07) is 0. The van der Waals surface area contributed by atoms with Crippen LogP contribution in [0, 0.1) is 5.92 Å². The molecule has 3 aliphatic heterocycles. The molecule has 2 bridgehead atoms. The van der Waals surface area contributed by atoms with Gasteiger partial charge in [0, 0.05) is 6.54 Å². The van der Waals surface area contributed by atoms with E-state index < -0.39 is 5.54 Å². The molecule has 3 rings (SSSR count). The summed E-state index contributed by atoms with van der Waals surface area (Å²) in [4.78, 5) is 13.7. The highest BCUT2D eigenvalue weighted by Gasteiger charge is 2.44. The lowest BCUT2D eigenvalue weighted by molar-refractivity contribution is -0.125. The van der Waals surface area contributed by atoms with Crippen LogP contribution in [0.1, 0.15) is 19.3 Å². The lowest BCUT2D eigenvalue weighted by atomic mass is 9.78. The van der Waals surface area contributed by atoms with E-state index in [4.69, 9.17) is 11.5 Å². The molecule has 1 unspecified atom stereocenters. The molecule has 1 atom stereocenters. The molecule has 0 saturated carbocycles. The zero-order valence-corrected chi connectivity index (χ0v) is 7.83. The molecular formula is C9H17N3O. The Kier molecular flexibility index (Phi) is 2.04. The Morgan fingerprint density at radius 2 is 1.92 bits per heavy atom. The van der Waals surface area contributed by atoms with Crippen molar-refractivity contribution in [1.82, 2.24) is 4.90 Å². The zero-order valence-electron chi connectivity index (χ0n) is 7.83. The molecule has 0 aromatic carbocycles. The molecule has 3 saturated heterocycles. The summed E-state index contributed by atoms with van der Waals surface area (Å²) in [5.41, 5.74) is 10.7. The largest absolute Gasteiger partial charge is 0.368 e.